The van der Waals surface area contributed by atoms with Crippen LogP contribution in [0.3, 0.4) is 0 Å². The van der Waals surface area contributed by atoms with Crippen LogP contribution in [0.2, 0.25) is 5.02 Å². The number of nitrogens with one attached hydrogen (secondary N) is 3. The normalized spacial score (nSPS) is 14.1. The third kappa shape index (κ3) is 7.26. The van der Waals surface area contributed by atoms with Gasteiger partial charge in [-0.05, 0) is 61.1 Å². The molecule has 1 saturated heterocycles. The van der Waals surface area contributed by atoms with Crippen molar-refractivity contribution in [2.75, 3.05) is 62.7 Å². The maximum Gasteiger partial charge on any atom is 0.319 e. The Labute approximate surface area is 242 Å². The molecule has 12 heteroatoms. The van der Waals surface area contributed by atoms with Gasteiger partial charge in [-0.1, -0.05) is 28.9 Å². The zero-order valence-corrected chi connectivity index (χ0v) is 23.4. The number of hydrogen-bond acceptors (Lipinski definition) is 8. The molecule has 0 spiro atoms. The summed E-state index contributed by atoms with van der Waals surface area (Å²) in [6, 6.07) is 17.0. The van der Waals surface area contributed by atoms with E-state index >= 15 is 0 Å². The molecule has 41 heavy (non-hydrogen) atoms. The minimum Gasteiger partial charge on any atom is -0.488 e. The number of fused-ring (bicyclic) bond motifs is 1. The molecule has 0 aliphatic carbocycles. The van der Waals surface area contributed by atoms with Crippen LogP contribution in [-0.4, -0.2) is 73.3 Å². The zero-order chi connectivity index (χ0) is 28.8. The van der Waals surface area contributed by atoms with Crippen molar-refractivity contribution in [2.45, 2.75) is 6.54 Å². The SMILES string of the molecule is CN1CCN(CCOc2ccc(C(=O)Nc3cccc(CNC(=O)Nc4ccc(Cl)cc4)c3)c3c(N)noc23)CC1. The van der Waals surface area contributed by atoms with Crippen LogP contribution in [0.15, 0.2) is 65.2 Å². The van der Waals surface area contributed by atoms with Gasteiger partial charge in [0.15, 0.2) is 11.6 Å². The summed E-state index contributed by atoms with van der Waals surface area (Å²) < 4.78 is 11.4. The average molecular weight is 578 g/mol. The van der Waals surface area contributed by atoms with Crippen molar-refractivity contribution < 1.29 is 18.8 Å². The number of aromatic nitrogens is 1. The maximum absolute atomic E-state index is 13.3. The van der Waals surface area contributed by atoms with Crippen molar-refractivity contribution in [3.63, 3.8) is 0 Å². The smallest absolute Gasteiger partial charge is 0.319 e. The second kappa shape index (κ2) is 12.9. The predicted octanol–water partition coefficient (Wildman–Crippen LogP) is 4.26. The summed E-state index contributed by atoms with van der Waals surface area (Å²) in [7, 11) is 2.12. The van der Waals surface area contributed by atoms with E-state index in [1.54, 1.807) is 54.6 Å². The Morgan fingerprint density at radius 3 is 2.59 bits per heavy atom. The molecule has 0 radical (unpaired) electrons. The number of piperazine rings is 1. The number of nitrogen functional groups attached to an aromatic ring is 1. The minimum atomic E-state index is -0.375. The van der Waals surface area contributed by atoms with Gasteiger partial charge in [0, 0.05) is 55.7 Å². The van der Waals surface area contributed by atoms with Crippen LogP contribution in [0.5, 0.6) is 5.75 Å². The van der Waals surface area contributed by atoms with Crippen molar-refractivity contribution in [2.24, 2.45) is 0 Å². The number of nitrogens with zero attached hydrogens (tertiary/aromatic N) is 3. The minimum absolute atomic E-state index is 0.110. The highest BCUT2D eigenvalue weighted by Crippen LogP contribution is 2.33. The highest BCUT2D eigenvalue weighted by Gasteiger charge is 2.21. The molecule has 0 unspecified atom stereocenters. The molecular weight excluding hydrogens is 546 g/mol. The first kappa shape index (κ1) is 28.2. The van der Waals surface area contributed by atoms with Crippen molar-refractivity contribution in [3.05, 3.63) is 76.8 Å². The Morgan fingerprint density at radius 2 is 1.80 bits per heavy atom. The molecule has 0 atom stereocenters. The lowest BCUT2D eigenvalue weighted by molar-refractivity contribution is 0.102. The number of amides is 3. The third-order valence-corrected chi connectivity index (χ3v) is 7.11. The number of benzene rings is 3. The number of likely N-dealkylation sites (N-methyl/N-ethyl adjacent to an activating group) is 1. The van der Waals surface area contributed by atoms with Crippen LogP contribution in [-0.2, 0) is 6.54 Å². The number of hydrogen-bond donors (Lipinski definition) is 4. The summed E-state index contributed by atoms with van der Waals surface area (Å²) in [5, 5.41) is 13.3. The number of nitrogens with two attached hydrogens (primary N) is 1. The van der Waals surface area contributed by atoms with Gasteiger partial charge < -0.3 is 35.8 Å². The zero-order valence-electron chi connectivity index (χ0n) is 22.7. The van der Waals surface area contributed by atoms with Gasteiger partial charge in [-0.25, -0.2) is 4.79 Å². The van der Waals surface area contributed by atoms with E-state index in [0.29, 0.717) is 45.3 Å². The van der Waals surface area contributed by atoms with Crippen LogP contribution in [0.1, 0.15) is 15.9 Å². The number of halogens is 1. The van der Waals surface area contributed by atoms with Crippen LogP contribution in [0.4, 0.5) is 22.0 Å². The molecule has 4 aromatic rings. The largest absolute Gasteiger partial charge is 0.488 e. The molecule has 214 valence electrons. The second-order valence-corrected chi connectivity index (χ2v) is 10.3. The van der Waals surface area contributed by atoms with E-state index < -0.39 is 0 Å². The molecule has 5 N–H and O–H groups in total. The van der Waals surface area contributed by atoms with Crippen LogP contribution >= 0.6 is 11.6 Å². The van der Waals surface area contributed by atoms with Gasteiger partial charge in [-0.15, -0.1) is 0 Å². The lowest BCUT2D eigenvalue weighted by atomic mass is 10.1. The first-order valence-corrected chi connectivity index (χ1v) is 13.7. The van der Waals surface area contributed by atoms with Crippen molar-refractivity contribution in [1.82, 2.24) is 20.3 Å². The van der Waals surface area contributed by atoms with Crippen molar-refractivity contribution in [3.8, 4) is 5.75 Å². The topological polar surface area (TPSA) is 138 Å². The Bertz CT molecular complexity index is 1520. The van der Waals surface area contributed by atoms with Crippen LogP contribution in [0, 0.1) is 0 Å². The fourth-order valence-electron chi connectivity index (χ4n) is 4.56. The summed E-state index contributed by atoms with van der Waals surface area (Å²) in [6.07, 6.45) is 0. The Hall–Kier alpha value is -4.32. The monoisotopic (exact) mass is 577 g/mol. The maximum atomic E-state index is 13.3. The number of urea groups is 1. The Morgan fingerprint density at radius 1 is 1.02 bits per heavy atom. The number of ether oxygens (including phenoxy) is 1. The number of rotatable bonds is 9. The quantitative estimate of drug-likeness (QED) is 0.231. The van der Waals surface area contributed by atoms with Gasteiger partial charge in [-0.3, -0.25) is 9.69 Å². The first-order chi connectivity index (χ1) is 19.9. The van der Waals surface area contributed by atoms with Gasteiger partial charge in [0.2, 0.25) is 5.58 Å². The molecule has 1 aliphatic rings. The molecule has 1 aliphatic heterocycles. The van der Waals surface area contributed by atoms with Crippen molar-refractivity contribution >= 4 is 51.7 Å². The predicted molar refractivity (Wildman–Crippen MR) is 160 cm³/mol. The molecular formula is C29H32ClN7O4. The Kier molecular flexibility index (Phi) is 8.88. The number of anilines is 3. The molecule has 0 saturated carbocycles. The third-order valence-electron chi connectivity index (χ3n) is 6.86. The lowest BCUT2D eigenvalue weighted by Crippen LogP contribution is -2.45. The van der Waals surface area contributed by atoms with E-state index in [9.17, 15) is 9.59 Å². The number of carbonyl (C=O) groups is 2. The van der Waals surface area contributed by atoms with E-state index in [2.05, 4.69) is 38.0 Å². The lowest BCUT2D eigenvalue weighted by Gasteiger charge is -2.32. The molecule has 11 nitrogen and oxygen atoms in total. The molecule has 3 aromatic carbocycles. The van der Waals surface area contributed by atoms with Crippen LogP contribution < -0.4 is 26.4 Å². The summed E-state index contributed by atoms with van der Waals surface area (Å²) in [5.41, 5.74) is 8.71. The average Bonchev–Trinajstić information content (AvgIpc) is 3.36. The van der Waals surface area contributed by atoms with E-state index in [1.807, 2.05) is 6.07 Å². The fourth-order valence-corrected chi connectivity index (χ4v) is 4.68. The van der Waals surface area contributed by atoms with E-state index in [-0.39, 0.29) is 24.3 Å². The highest BCUT2D eigenvalue weighted by atomic mass is 35.5. The van der Waals surface area contributed by atoms with Gasteiger partial charge in [0.05, 0.1) is 10.9 Å². The van der Waals surface area contributed by atoms with E-state index in [0.717, 1.165) is 38.3 Å². The number of carbonyl (C=O) groups excluding carboxylic acids is 2. The van der Waals surface area contributed by atoms with E-state index in [4.69, 9.17) is 26.6 Å². The van der Waals surface area contributed by atoms with Gasteiger partial charge in [-0.2, -0.15) is 0 Å². The molecule has 3 amide bonds. The Balaban J connectivity index is 1.20. The first-order valence-electron chi connectivity index (χ1n) is 13.3. The summed E-state index contributed by atoms with van der Waals surface area (Å²) in [6.45, 7) is 5.58. The highest BCUT2D eigenvalue weighted by molar-refractivity contribution is 6.30. The molecule has 1 fully saturated rings. The summed E-state index contributed by atoms with van der Waals surface area (Å²) >= 11 is 5.88. The van der Waals surface area contributed by atoms with Crippen LogP contribution in [0.25, 0.3) is 11.0 Å². The van der Waals surface area contributed by atoms with Gasteiger partial charge >= 0.3 is 6.03 Å². The molecule has 2 heterocycles. The molecule has 5 rings (SSSR count). The molecule has 1 aromatic heterocycles. The molecule has 0 bridgehead atoms. The standard InChI is InChI=1S/C29H32ClN7O4/c1-36-11-13-37(14-12-36)15-16-40-24-10-9-23(25-26(24)41-35-27(25)31)28(38)33-22-4-2-3-19(17-22)18-32-29(39)34-21-7-5-20(30)6-8-21/h2-10,17H,11-16,18H2,1H3,(H2,31,35)(H,33,38)(H2,32,34,39). The summed E-state index contributed by atoms with van der Waals surface area (Å²) in [5.74, 6) is 0.221. The fraction of sp³-hybridized carbons (Fsp3) is 0.276. The van der Waals surface area contributed by atoms with Crippen molar-refractivity contribution in [1.29, 1.82) is 0 Å². The van der Waals surface area contributed by atoms with Gasteiger partial charge in [0.25, 0.3) is 5.91 Å². The van der Waals surface area contributed by atoms with Gasteiger partial charge in [0.1, 0.15) is 6.61 Å². The van der Waals surface area contributed by atoms with E-state index in [1.165, 1.54) is 0 Å². The summed E-state index contributed by atoms with van der Waals surface area (Å²) in [4.78, 5) is 30.2. The second-order valence-electron chi connectivity index (χ2n) is 9.85.